The summed E-state index contributed by atoms with van der Waals surface area (Å²) in [7, 11) is 2.47. The third kappa shape index (κ3) is 2.97. The van der Waals surface area contributed by atoms with Crippen LogP contribution in [0.25, 0.3) is 11.1 Å². The van der Waals surface area contributed by atoms with Crippen molar-refractivity contribution in [2.45, 2.75) is 6.92 Å². The number of carbonyl (C=O) groups is 3. The van der Waals surface area contributed by atoms with Crippen molar-refractivity contribution in [1.29, 1.82) is 0 Å². The van der Waals surface area contributed by atoms with E-state index in [0.29, 0.717) is 0 Å². The van der Waals surface area contributed by atoms with Gasteiger partial charge in [0.15, 0.2) is 11.6 Å². The average molecular weight is 450 g/mol. The van der Waals surface area contributed by atoms with Gasteiger partial charge in [-0.2, -0.15) is 0 Å². The van der Waals surface area contributed by atoms with Gasteiger partial charge in [-0.05, 0) is 13.0 Å². The van der Waals surface area contributed by atoms with Gasteiger partial charge in [-0.15, -0.1) is 0 Å². The number of methoxy groups -OCH3 is 2. The van der Waals surface area contributed by atoms with Gasteiger partial charge in [-0.3, -0.25) is 14.4 Å². The molecule has 0 aliphatic heterocycles. The molecule has 3 aromatic rings. The Morgan fingerprint density at radius 1 is 0.727 bits per heavy atom. The molecule has 1 aliphatic rings. The molecule has 3 aromatic carbocycles. The Morgan fingerprint density at radius 3 is 1.94 bits per heavy atom. The minimum atomic E-state index is -0.835. The number of Topliss-reactive ketones (excluding diaryl/α,β-unsaturated/α-hetero) is 1. The first-order chi connectivity index (χ1) is 15.6. The number of ether oxygens (including phenoxy) is 2. The van der Waals surface area contributed by atoms with Crippen LogP contribution < -0.4 is 9.47 Å². The van der Waals surface area contributed by atoms with Gasteiger partial charge >= 0.3 is 0 Å². The van der Waals surface area contributed by atoms with Crippen LogP contribution in [0.1, 0.15) is 49.1 Å². The molecule has 1 aliphatic carbocycles. The van der Waals surface area contributed by atoms with Crippen molar-refractivity contribution in [2.24, 2.45) is 0 Å². The maximum absolute atomic E-state index is 13.5. The Bertz CT molecular complexity index is 1390. The van der Waals surface area contributed by atoms with Crippen LogP contribution in [0.4, 0.5) is 0 Å². The Morgan fingerprint density at radius 2 is 1.33 bits per heavy atom. The van der Waals surface area contributed by atoms with Crippen LogP contribution in [0.3, 0.4) is 0 Å². The van der Waals surface area contributed by atoms with Crippen molar-refractivity contribution in [2.75, 3.05) is 14.2 Å². The van der Waals surface area contributed by atoms with Crippen molar-refractivity contribution < 1.29 is 44.3 Å². The zero-order valence-electron chi connectivity index (χ0n) is 17.7. The van der Waals surface area contributed by atoms with Crippen molar-refractivity contribution in [3.8, 4) is 45.6 Å². The molecule has 0 spiro atoms. The third-order valence-corrected chi connectivity index (χ3v) is 5.52. The fourth-order valence-electron chi connectivity index (χ4n) is 4.12. The predicted octanol–water partition coefficient (Wildman–Crippen LogP) is 3.17. The molecule has 0 atom stereocenters. The maximum atomic E-state index is 13.5. The van der Waals surface area contributed by atoms with Gasteiger partial charge in [0.25, 0.3) is 0 Å². The van der Waals surface area contributed by atoms with Gasteiger partial charge in [0.2, 0.25) is 5.78 Å². The summed E-state index contributed by atoms with van der Waals surface area (Å²) in [5, 5.41) is 42.5. The summed E-state index contributed by atoms with van der Waals surface area (Å²) in [6.45, 7) is 1.18. The normalized spacial score (nSPS) is 12.2. The summed E-state index contributed by atoms with van der Waals surface area (Å²) in [6, 6.07) is 6.06. The smallest absolute Gasteiger partial charge is 0.201 e. The number of ketones is 3. The van der Waals surface area contributed by atoms with E-state index in [4.69, 9.17) is 9.47 Å². The molecule has 0 bridgehead atoms. The standard InChI is InChI=1S/C24H18O9/c1-9(25)16-14(32-2)7-12(27)18(23(16)30)20-15(33-3)8-13(28)19-21(20)22(29)10-5-4-6-11(26)17(10)24(19)31/h4-8,26-28,30H,1-3H3. The fraction of sp³-hybridized carbons (Fsp3) is 0.125. The lowest BCUT2D eigenvalue weighted by atomic mass is 9.78. The molecule has 9 nitrogen and oxygen atoms in total. The second kappa shape index (κ2) is 7.56. The van der Waals surface area contributed by atoms with Crippen molar-refractivity contribution in [1.82, 2.24) is 0 Å². The largest absolute Gasteiger partial charge is 0.507 e. The average Bonchev–Trinajstić information content (AvgIpc) is 2.76. The van der Waals surface area contributed by atoms with Crippen LogP contribution in [0.2, 0.25) is 0 Å². The number of fused-ring (bicyclic) bond motifs is 2. The molecule has 0 amide bonds. The summed E-state index contributed by atoms with van der Waals surface area (Å²) in [5.74, 6) is -4.76. The van der Waals surface area contributed by atoms with Gasteiger partial charge in [0.05, 0.1) is 30.9 Å². The predicted molar refractivity (Wildman–Crippen MR) is 115 cm³/mol. The van der Waals surface area contributed by atoms with Crippen molar-refractivity contribution in [3.63, 3.8) is 0 Å². The van der Waals surface area contributed by atoms with Crippen LogP contribution in [0.5, 0.6) is 34.5 Å². The third-order valence-electron chi connectivity index (χ3n) is 5.52. The number of aromatic hydroxyl groups is 4. The molecule has 0 saturated heterocycles. The first-order valence-corrected chi connectivity index (χ1v) is 9.63. The number of phenolic OH excluding ortho intramolecular Hbond substituents is 4. The van der Waals surface area contributed by atoms with Crippen LogP contribution in [-0.4, -0.2) is 52.0 Å². The number of benzene rings is 3. The highest BCUT2D eigenvalue weighted by Gasteiger charge is 2.39. The van der Waals surface area contributed by atoms with Crippen LogP contribution >= 0.6 is 0 Å². The van der Waals surface area contributed by atoms with E-state index in [2.05, 4.69) is 0 Å². The SMILES string of the molecule is COc1cc(O)c(-c2c(OC)cc(O)c3c2C(=O)c2cccc(O)c2C3=O)c(O)c1C(C)=O. The lowest BCUT2D eigenvalue weighted by Gasteiger charge is -2.25. The maximum Gasteiger partial charge on any atom is 0.201 e. The quantitative estimate of drug-likeness (QED) is 0.344. The first kappa shape index (κ1) is 21.7. The van der Waals surface area contributed by atoms with Crippen molar-refractivity contribution in [3.05, 3.63) is 58.1 Å². The Hall–Kier alpha value is -4.53. The molecule has 4 N–H and O–H groups in total. The van der Waals surface area contributed by atoms with E-state index in [9.17, 15) is 34.8 Å². The van der Waals surface area contributed by atoms with E-state index in [1.165, 1.54) is 39.3 Å². The van der Waals surface area contributed by atoms with Crippen LogP contribution in [0, 0.1) is 0 Å². The summed E-state index contributed by atoms with van der Waals surface area (Å²) < 4.78 is 10.4. The van der Waals surface area contributed by atoms with Gasteiger partial charge in [0.1, 0.15) is 40.1 Å². The number of hydrogen-bond acceptors (Lipinski definition) is 9. The zero-order chi connectivity index (χ0) is 24.2. The second-order valence-corrected chi connectivity index (χ2v) is 7.33. The van der Waals surface area contributed by atoms with Crippen LogP contribution in [0.15, 0.2) is 30.3 Å². The molecular formula is C24H18O9. The minimum Gasteiger partial charge on any atom is -0.507 e. The van der Waals surface area contributed by atoms with Gasteiger partial charge in [0, 0.05) is 28.8 Å². The summed E-state index contributed by atoms with van der Waals surface area (Å²) in [4.78, 5) is 38.9. The van der Waals surface area contributed by atoms with Gasteiger partial charge in [-0.1, -0.05) is 12.1 Å². The summed E-state index contributed by atoms with van der Waals surface area (Å²) >= 11 is 0. The minimum absolute atomic E-state index is 0.106. The zero-order valence-corrected chi connectivity index (χ0v) is 17.7. The highest BCUT2D eigenvalue weighted by Crippen LogP contribution is 2.52. The topological polar surface area (TPSA) is 151 Å². The molecule has 0 aromatic heterocycles. The van der Waals surface area contributed by atoms with Crippen LogP contribution in [-0.2, 0) is 0 Å². The molecule has 0 heterocycles. The van der Waals surface area contributed by atoms with Crippen molar-refractivity contribution >= 4 is 17.3 Å². The Labute approximate surface area is 187 Å². The van der Waals surface area contributed by atoms with E-state index < -0.39 is 45.9 Å². The van der Waals surface area contributed by atoms with E-state index in [-0.39, 0.29) is 44.9 Å². The first-order valence-electron chi connectivity index (χ1n) is 9.63. The van der Waals surface area contributed by atoms with E-state index >= 15 is 0 Å². The van der Waals surface area contributed by atoms with E-state index in [1.54, 1.807) is 0 Å². The fourth-order valence-corrected chi connectivity index (χ4v) is 4.12. The highest BCUT2D eigenvalue weighted by molar-refractivity contribution is 6.32. The molecular weight excluding hydrogens is 432 g/mol. The van der Waals surface area contributed by atoms with E-state index in [1.807, 2.05) is 0 Å². The number of phenols is 4. The molecule has 168 valence electrons. The molecule has 0 unspecified atom stereocenters. The van der Waals surface area contributed by atoms with Gasteiger partial charge < -0.3 is 29.9 Å². The molecule has 0 radical (unpaired) electrons. The number of carbonyl (C=O) groups excluding carboxylic acids is 3. The monoisotopic (exact) mass is 450 g/mol. The molecule has 0 saturated carbocycles. The second-order valence-electron chi connectivity index (χ2n) is 7.33. The Kier molecular flexibility index (Phi) is 4.97. The summed E-state index contributed by atoms with van der Waals surface area (Å²) in [5.41, 5.74) is -2.06. The molecule has 9 heteroatoms. The molecule has 0 fully saturated rings. The highest BCUT2D eigenvalue weighted by atomic mass is 16.5. The lowest BCUT2D eigenvalue weighted by Crippen LogP contribution is -2.22. The van der Waals surface area contributed by atoms with E-state index in [0.717, 1.165) is 12.1 Å². The summed E-state index contributed by atoms with van der Waals surface area (Å²) in [6.07, 6.45) is 0. The number of hydrogen-bond donors (Lipinski definition) is 4. The Balaban J connectivity index is 2.18. The molecule has 4 rings (SSSR count). The van der Waals surface area contributed by atoms with Gasteiger partial charge in [-0.25, -0.2) is 0 Å². The number of rotatable bonds is 4. The lowest BCUT2D eigenvalue weighted by molar-refractivity contribution is 0.0974. The molecule has 33 heavy (non-hydrogen) atoms.